The van der Waals surface area contributed by atoms with Crippen molar-refractivity contribution in [1.82, 2.24) is 4.90 Å². The van der Waals surface area contributed by atoms with Gasteiger partial charge in [0.15, 0.2) is 0 Å². The Kier molecular flexibility index (Phi) is 7.13. The molecule has 0 aliphatic carbocycles. The molecule has 1 unspecified atom stereocenters. The molecule has 1 atom stereocenters. The van der Waals surface area contributed by atoms with E-state index in [-0.39, 0.29) is 5.82 Å². The van der Waals surface area contributed by atoms with Gasteiger partial charge in [-0.1, -0.05) is 0 Å². The van der Waals surface area contributed by atoms with Crippen LogP contribution in [0.1, 0.15) is 13.3 Å². The fraction of sp³-hybridized carbons (Fsp3) is 0.571. The van der Waals surface area contributed by atoms with E-state index in [1.807, 2.05) is 11.8 Å². The second-order valence-electron chi connectivity index (χ2n) is 4.54. The quantitative estimate of drug-likeness (QED) is 0.780. The van der Waals surface area contributed by atoms with Crippen LogP contribution in [0.2, 0.25) is 0 Å². The van der Waals surface area contributed by atoms with Crippen LogP contribution in [-0.2, 0) is 0 Å². The highest BCUT2D eigenvalue weighted by Gasteiger charge is 2.07. The Morgan fingerprint density at radius 3 is 2.61 bits per heavy atom. The molecule has 0 aliphatic heterocycles. The summed E-state index contributed by atoms with van der Waals surface area (Å²) in [7, 11) is 2.15. The van der Waals surface area contributed by atoms with Crippen molar-refractivity contribution in [3.05, 3.63) is 30.1 Å². The van der Waals surface area contributed by atoms with Crippen molar-refractivity contribution in [3.63, 3.8) is 0 Å². The third kappa shape index (κ3) is 5.74. The van der Waals surface area contributed by atoms with Crippen LogP contribution in [0.15, 0.2) is 24.3 Å². The maximum absolute atomic E-state index is 12.7. The van der Waals surface area contributed by atoms with Gasteiger partial charge in [-0.25, -0.2) is 4.39 Å². The van der Waals surface area contributed by atoms with E-state index in [2.05, 4.69) is 30.4 Å². The van der Waals surface area contributed by atoms with Crippen LogP contribution in [0, 0.1) is 5.82 Å². The third-order valence-electron chi connectivity index (χ3n) is 3.13. The average Bonchev–Trinajstić information content (AvgIpc) is 2.38. The summed E-state index contributed by atoms with van der Waals surface area (Å²) in [5.41, 5.74) is 0.974. The van der Waals surface area contributed by atoms with Crippen LogP contribution >= 0.6 is 11.8 Å². The van der Waals surface area contributed by atoms with Gasteiger partial charge in [-0.05, 0) is 56.7 Å². The molecule has 1 aromatic carbocycles. The summed E-state index contributed by atoms with van der Waals surface area (Å²) in [5.74, 6) is 1.01. The zero-order valence-electron chi connectivity index (χ0n) is 11.4. The number of nitrogens with zero attached hydrogens (tertiary/aromatic N) is 1. The molecule has 2 nitrogen and oxygen atoms in total. The van der Waals surface area contributed by atoms with Crippen LogP contribution in [0.5, 0.6) is 0 Å². The first kappa shape index (κ1) is 15.3. The SMILES string of the molecule is CSCCC(C)N(C)CCNc1ccc(F)cc1. The molecule has 0 saturated carbocycles. The zero-order valence-corrected chi connectivity index (χ0v) is 12.3. The summed E-state index contributed by atoms with van der Waals surface area (Å²) in [6.45, 7) is 4.13. The molecule has 0 aromatic heterocycles. The zero-order chi connectivity index (χ0) is 13.4. The summed E-state index contributed by atoms with van der Waals surface area (Å²) in [6.07, 6.45) is 3.36. The molecule has 1 N–H and O–H groups in total. The Morgan fingerprint density at radius 1 is 1.33 bits per heavy atom. The van der Waals surface area contributed by atoms with E-state index < -0.39 is 0 Å². The predicted octanol–water partition coefficient (Wildman–Crippen LogP) is 3.31. The Bertz CT molecular complexity index is 329. The molecule has 0 heterocycles. The average molecular weight is 270 g/mol. The van der Waals surface area contributed by atoms with Crippen LogP contribution < -0.4 is 5.32 Å². The molecule has 0 aliphatic rings. The number of halogens is 1. The monoisotopic (exact) mass is 270 g/mol. The lowest BCUT2D eigenvalue weighted by Gasteiger charge is -2.24. The molecule has 1 aromatic rings. The molecule has 102 valence electrons. The first-order chi connectivity index (χ1) is 8.63. The highest BCUT2D eigenvalue weighted by Crippen LogP contribution is 2.09. The van der Waals surface area contributed by atoms with Crippen LogP contribution in [0.25, 0.3) is 0 Å². The molecular formula is C14H23FN2S. The van der Waals surface area contributed by atoms with Gasteiger partial charge >= 0.3 is 0 Å². The Hall–Kier alpha value is -0.740. The summed E-state index contributed by atoms with van der Waals surface area (Å²) < 4.78 is 12.7. The predicted molar refractivity (Wildman–Crippen MR) is 80.0 cm³/mol. The number of likely N-dealkylation sites (N-methyl/N-ethyl adjacent to an activating group) is 1. The van der Waals surface area contributed by atoms with Gasteiger partial charge in [0.2, 0.25) is 0 Å². The largest absolute Gasteiger partial charge is 0.384 e. The molecule has 0 radical (unpaired) electrons. The van der Waals surface area contributed by atoms with Gasteiger partial charge < -0.3 is 10.2 Å². The van der Waals surface area contributed by atoms with Gasteiger partial charge in [-0.2, -0.15) is 11.8 Å². The van der Waals surface area contributed by atoms with Crippen molar-refractivity contribution < 1.29 is 4.39 Å². The van der Waals surface area contributed by atoms with E-state index in [9.17, 15) is 4.39 Å². The van der Waals surface area contributed by atoms with Gasteiger partial charge in [0, 0.05) is 24.8 Å². The number of hydrogen-bond acceptors (Lipinski definition) is 3. The molecule has 0 spiro atoms. The molecular weight excluding hydrogens is 247 g/mol. The van der Waals surface area contributed by atoms with Crippen molar-refractivity contribution >= 4 is 17.4 Å². The highest BCUT2D eigenvalue weighted by molar-refractivity contribution is 7.98. The normalized spacial score (nSPS) is 12.7. The molecule has 0 saturated heterocycles. The van der Waals surface area contributed by atoms with E-state index in [0.29, 0.717) is 6.04 Å². The van der Waals surface area contributed by atoms with E-state index in [0.717, 1.165) is 18.8 Å². The summed E-state index contributed by atoms with van der Waals surface area (Å²) in [4.78, 5) is 2.35. The number of benzene rings is 1. The van der Waals surface area contributed by atoms with Crippen LogP contribution in [0.3, 0.4) is 0 Å². The number of thioether (sulfide) groups is 1. The van der Waals surface area contributed by atoms with Crippen molar-refractivity contribution in [2.45, 2.75) is 19.4 Å². The fourth-order valence-electron chi connectivity index (χ4n) is 1.67. The summed E-state index contributed by atoms with van der Waals surface area (Å²) in [6, 6.07) is 7.10. The Balaban J connectivity index is 2.22. The Morgan fingerprint density at radius 2 is 2.00 bits per heavy atom. The lowest BCUT2D eigenvalue weighted by Crippen LogP contribution is -2.33. The number of nitrogens with one attached hydrogen (secondary N) is 1. The van der Waals surface area contributed by atoms with E-state index in [4.69, 9.17) is 0 Å². The maximum Gasteiger partial charge on any atom is 0.123 e. The third-order valence-corrected chi connectivity index (χ3v) is 3.77. The van der Waals surface area contributed by atoms with Gasteiger partial charge in [-0.3, -0.25) is 0 Å². The fourth-order valence-corrected chi connectivity index (χ4v) is 2.25. The van der Waals surface area contributed by atoms with Crippen molar-refractivity contribution in [1.29, 1.82) is 0 Å². The van der Waals surface area contributed by atoms with Crippen LogP contribution in [0.4, 0.5) is 10.1 Å². The minimum Gasteiger partial charge on any atom is -0.384 e. The number of anilines is 1. The summed E-state index contributed by atoms with van der Waals surface area (Å²) >= 11 is 1.89. The second-order valence-corrected chi connectivity index (χ2v) is 5.53. The molecule has 4 heteroatoms. The minimum absolute atomic E-state index is 0.191. The highest BCUT2D eigenvalue weighted by atomic mass is 32.2. The van der Waals surface area contributed by atoms with Gasteiger partial charge in [0.1, 0.15) is 5.82 Å². The molecule has 0 fully saturated rings. The minimum atomic E-state index is -0.191. The van der Waals surface area contributed by atoms with E-state index in [1.165, 1.54) is 24.3 Å². The second kappa shape index (κ2) is 8.38. The Labute approximate surface area is 114 Å². The number of rotatable bonds is 8. The molecule has 0 amide bonds. The lowest BCUT2D eigenvalue weighted by molar-refractivity contribution is 0.262. The van der Waals surface area contributed by atoms with Gasteiger partial charge in [-0.15, -0.1) is 0 Å². The first-order valence-corrected chi connectivity index (χ1v) is 7.71. The maximum atomic E-state index is 12.7. The smallest absolute Gasteiger partial charge is 0.123 e. The van der Waals surface area contributed by atoms with Crippen molar-refractivity contribution in [2.24, 2.45) is 0 Å². The van der Waals surface area contributed by atoms with Crippen molar-refractivity contribution in [3.8, 4) is 0 Å². The van der Waals surface area contributed by atoms with Crippen LogP contribution in [-0.4, -0.2) is 43.1 Å². The van der Waals surface area contributed by atoms with E-state index >= 15 is 0 Å². The lowest BCUT2D eigenvalue weighted by atomic mass is 10.2. The van der Waals surface area contributed by atoms with Crippen molar-refractivity contribution in [2.75, 3.05) is 37.5 Å². The van der Waals surface area contributed by atoms with Gasteiger partial charge in [0.05, 0.1) is 0 Å². The van der Waals surface area contributed by atoms with E-state index in [1.54, 1.807) is 12.1 Å². The topological polar surface area (TPSA) is 15.3 Å². The number of hydrogen-bond donors (Lipinski definition) is 1. The molecule has 18 heavy (non-hydrogen) atoms. The standard InChI is InChI=1S/C14H23FN2S/c1-12(8-11-18-3)17(2)10-9-16-14-6-4-13(15)5-7-14/h4-7,12,16H,8-11H2,1-3H3. The molecule has 1 rings (SSSR count). The molecule has 0 bridgehead atoms. The first-order valence-electron chi connectivity index (χ1n) is 6.32. The summed E-state index contributed by atoms with van der Waals surface area (Å²) in [5, 5.41) is 3.30. The van der Waals surface area contributed by atoms with Gasteiger partial charge in [0.25, 0.3) is 0 Å².